The van der Waals surface area contributed by atoms with Gasteiger partial charge in [-0.1, -0.05) is 170 Å². The van der Waals surface area contributed by atoms with Gasteiger partial charge in [0.2, 0.25) is 0 Å². The van der Waals surface area contributed by atoms with Crippen molar-refractivity contribution in [2.45, 2.75) is 186 Å². The highest BCUT2D eigenvalue weighted by Gasteiger charge is 2.28. The van der Waals surface area contributed by atoms with Crippen LogP contribution in [0.1, 0.15) is 168 Å². The van der Waals surface area contributed by atoms with Gasteiger partial charge < -0.3 is 34.6 Å². The number of hydrogen-bond acceptors (Lipinski definition) is 13. The fraction of sp³-hybridized carbons (Fsp3) is 0.714. The second-order valence-electron chi connectivity index (χ2n) is 16.2. The number of phosphoric acid groups is 2. The second-order valence-corrected chi connectivity index (χ2v) is 19.1. The molecule has 0 bridgehead atoms. The molecule has 0 aliphatic heterocycles. The van der Waals surface area contributed by atoms with Crippen LogP contribution in [-0.2, 0) is 46.3 Å². The Bertz CT molecular complexity index is 1460. The van der Waals surface area contributed by atoms with E-state index in [0.29, 0.717) is 12.8 Å². The Hall–Kier alpha value is -2.52. The van der Waals surface area contributed by atoms with Crippen LogP contribution in [0.5, 0.6) is 0 Å². The summed E-state index contributed by atoms with van der Waals surface area (Å²) in [7, 11) is -9.59. The lowest BCUT2D eigenvalue weighted by Crippen LogP contribution is -2.25. The van der Waals surface area contributed by atoms with E-state index < -0.39 is 85.5 Å². The normalized spacial score (nSPS) is 15.7. The van der Waals surface area contributed by atoms with Gasteiger partial charge in [-0.05, 0) is 57.8 Å². The number of aliphatic hydroxyl groups is 3. The molecule has 0 aromatic carbocycles. The zero-order valence-electron chi connectivity index (χ0n) is 40.1. The Balaban J connectivity index is 3.92. The third-order valence-electron chi connectivity index (χ3n) is 9.77. The first-order valence-electron chi connectivity index (χ1n) is 24.4. The second kappa shape index (κ2) is 45.0. The minimum atomic E-state index is -4.80. The summed E-state index contributed by atoms with van der Waals surface area (Å²) < 4.78 is 53.0. The molecule has 0 aliphatic carbocycles. The number of aliphatic hydroxyl groups excluding tert-OH is 3. The molecule has 0 fully saturated rings. The number of allylic oxidation sites excluding steroid dienone is 12. The van der Waals surface area contributed by atoms with E-state index in [2.05, 4.69) is 50.2 Å². The molecule has 0 heterocycles. The summed E-state index contributed by atoms with van der Waals surface area (Å²) in [5.41, 5.74) is 0. The van der Waals surface area contributed by atoms with E-state index in [-0.39, 0.29) is 12.8 Å². The zero-order valence-corrected chi connectivity index (χ0v) is 41.9. The third kappa shape index (κ3) is 46.6. The van der Waals surface area contributed by atoms with Gasteiger partial charge in [0, 0.05) is 12.8 Å². The van der Waals surface area contributed by atoms with E-state index in [1.807, 2.05) is 54.7 Å². The highest BCUT2D eigenvalue weighted by Crippen LogP contribution is 2.45. The summed E-state index contributed by atoms with van der Waals surface area (Å²) in [4.78, 5) is 43.7. The van der Waals surface area contributed by atoms with E-state index in [1.165, 1.54) is 83.5 Å². The lowest BCUT2D eigenvalue weighted by molar-refractivity contribution is -0.148. The lowest BCUT2D eigenvalue weighted by Gasteiger charge is -2.19. The maximum atomic E-state index is 12.2. The Morgan fingerprint density at radius 2 is 0.712 bits per heavy atom. The molecule has 5 atom stereocenters. The van der Waals surface area contributed by atoms with Crippen LogP contribution in [0.4, 0.5) is 0 Å². The van der Waals surface area contributed by atoms with E-state index >= 15 is 0 Å². The maximum Gasteiger partial charge on any atom is 0.472 e. The Morgan fingerprint density at radius 3 is 1.11 bits per heavy atom. The first kappa shape index (κ1) is 63.5. The van der Waals surface area contributed by atoms with Crippen LogP contribution in [0.25, 0.3) is 0 Å². The van der Waals surface area contributed by atoms with Gasteiger partial charge in [0.15, 0.2) is 0 Å². The van der Waals surface area contributed by atoms with Crippen LogP contribution in [0.3, 0.4) is 0 Å². The molecule has 66 heavy (non-hydrogen) atoms. The highest BCUT2D eigenvalue weighted by molar-refractivity contribution is 7.47. The minimum absolute atomic E-state index is 0.144. The molecule has 382 valence electrons. The number of phosphoric ester groups is 2. The van der Waals surface area contributed by atoms with Gasteiger partial charge in [-0.15, -0.1) is 0 Å². The largest absolute Gasteiger partial charge is 0.472 e. The molecule has 17 heteroatoms. The number of hydrogen-bond donors (Lipinski definition) is 5. The molecule has 5 N–H and O–H groups in total. The fourth-order valence-electron chi connectivity index (χ4n) is 5.99. The van der Waals surface area contributed by atoms with Crippen molar-refractivity contribution in [3.63, 3.8) is 0 Å². The molecule has 0 saturated heterocycles. The van der Waals surface area contributed by atoms with Crippen molar-refractivity contribution < 1.29 is 71.4 Å². The Morgan fingerprint density at radius 1 is 0.409 bits per heavy atom. The molecule has 5 unspecified atom stereocenters. The van der Waals surface area contributed by atoms with Crippen molar-refractivity contribution in [3.05, 3.63) is 72.9 Å². The van der Waals surface area contributed by atoms with Crippen molar-refractivity contribution in [1.82, 2.24) is 0 Å². The van der Waals surface area contributed by atoms with E-state index in [1.54, 1.807) is 0 Å². The Kier molecular flexibility index (Phi) is 43.2. The lowest BCUT2D eigenvalue weighted by atomic mass is 10.1. The first-order chi connectivity index (χ1) is 31.8. The third-order valence-corrected chi connectivity index (χ3v) is 11.7. The molecule has 15 nitrogen and oxygen atoms in total. The Labute approximate surface area is 396 Å². The van der Waals surface area contributed by atoms with Crippen molar-refractivity contribution in [2.24, 2.45) is 0 Å². The standard InChI is InChI=1S/C49H86O15P2/c1-3-5-7-9-11-13-15-17-19-20-21-22-24-26-28-30-32-34-36-38-49(54)60-40-46(51)42-62-66(57,58)64-44-47(52)43-63-65(55,56)61-41-45(50)39-59-48(53)37-35-33-31-29-27-25-23-18-16-14-12-10-8-6-4-2/h6,8,10,12,14,16-19,23,25,27,45-47,50-52H,3-5,7,9,11,13,15,20-22,24,26,28-44H2,1-2H3,(H,55,56)(H,57,58)/b8-6+,12-10+,16-14-,19-17+,23-18-,27-25+. The monoisotopic (exact) mass is 977 g/mol. The topological polar surface area (TPSA) is 225 Å². The quantitative estimate of drug-likeness (QED) is 0.0126. The van der Waals surface area contributed by atoms with Crippen LogP contribution in [-0.4, -0.2) is 95.0 Å². The number of carbonyl (C=O) groups excluding carboxylic acids is 2. The van der Waals surface area contributed by atoms with Crippen LogP contribution < -0.4 is 0 Å². The average molecular weight is 977 g/mol. The van der Waals surface area contributed by atoms with Gasteiger partial charge in [-0.3, -0.25) is 27.7 Å². The van der Waals surface area contributed by atoms with Crippen molar-refractivity contribution in [3.8, 4) is 0 Å². The van der Waals surface area contributed by atoms with Crippen LogP contribution >= 0.6 is 15.6 Å². The first-order valence-corrected chi connectivity index (χ1v) is 27.3. The molecule has 0 amide bonds. The predicted octanol–water partition coefficient (Wildman–Crippen LogP) is 11.2. The molecular formula is C49H86O15P2. The van der Waals surface area contributed by atoms with Gasteiger partial charge in [-0.2, -0.15) is 0 Å². The predicted molar refractivity (Wildman–Crippen MR) is 260 cm³/mol. The summed E-state index contributed by atoms with van der Waals surface area (Å²) in [5.74, 6) is -1.04. The van der Waals surface area contributed by atoms with E-state index in [4.69, 9.17) is 9.47 Å². The molecule has 0 spiro atoms. The molecule has 0 aromatic heterocycles. The molecule has 0 aromatic rings. The van der Waals surface area contributed by atoms with Crippen molar-refractivity contribution in [1.29, 1.82) is 0 Å². The molecule has 0 radical (unpaired) electrons. The van der Waals surface area contributed by atoms with E-state index in [0.717, 1.165) is 44.9 Å². The average Bonchev–Trinajstić information content (AvgIpc) is 3.29. The zero-order chi connectivity index (χ0) is 48.8. The maximum absolute atomic E-state index is 12.2. The smallest absolute Gasteiger partial charge is 0.463 e. The van der Waals surface area contributed by atoms with Gasteiger partial charge in [0.1, 0.15) is 31.5 Å². The SMILES string of the molecule is CC/C=C/C=C/C=C\C=C/C=C/CCCCCC(=O)OCC(O)COP(=O)(O)OCC(O)COP(=O)(O)OCC(O)COC(=O)CCCCCCCCCCC/C=C/CCCCCCCC. The number of unbranched alkanes of at least 4 members (excludes halogenated alkanes) is 18. The molecule has 0 saturated carbocycles. The number of esters is 2. The number of rotatable bonds is 46. The molecular weight excluding hydrogens is 890 g/mol. The summed E-state index contributed by atoms with van der Waals surface area (Å²) in [6.45, 7) is 0.211. The number of carbonyl (C=O) groups is 2. The highest BCUT2D eigenvalue weighted by atomic mass is 31.2. The minimum Gasteiger partial charge on any atom is -0.463 e. The molecule has 0 rings (SSSR count). The summed E-state index contributed by atoms with van der Waals surface area (Å²) >= 11 is 0. The van der Waals surface area contributed by atoms with Gasteiger partial charge in [0.25, 0.3) is 0 Å². The van der Waals surface area contributed by atoms with Crippen LogP contribution in [0.15, 0.2) is 72.9 Å². The summed E-state index contributed by atoms with van der Waals surface area (Å²) in [5, 5.41) is 30.0. The summed E-state index contributed by atoms with van der Waals surface area (Å²) in [6.07, 6.45) is 44.6. The van der Waals surface area contributed by atoms with Crippen LogP contribution in [0.2, 0.25) is 0 Å². The van der Waals surface area contributed by atoms with Gasteiger partial charge in [-0.25, -0.2) is 9.13 Å². The van der Waals surface area contributed by atoms with E-state index in [9.17, 15) is 43.8 Å². The fourth-order valence-corrected chi connectivity index (χ4v) is 7.58. The molecule has 0 aliphatic rings. The van der Waals surface area contributed by atoms with Gasteiger partial charge in [0.05, 0.1) is 26.4 Å². The van der Waals surface area contributed by atoms with Gasteiger partial charge >= 0.3 is 27.6 Å². The number of ether oxygens (including phenoxy) is 2. The summed E-state index contributed by atoms with van der Waals surface area (Å²) in [6, 6.07) is 0. The van der Waals surface area contributed by atoms with Crippen molar-refractivity contribution >= 4 is 27.6 Å². The van der Waals surface area contributed by atoms with Crippen molar-refractivity contribution in [2.75, 3.05) is 39.6 Å². The van der Waals surface area contributed by atoms with Crippen LogP contribution in [0, 0.1) is 0 Å².